The van der Waals surface area contributed by atoms with Gasteiger partial charge in [-0.1, -0.05) is 39.0 Å². The smallest absolute Gasteiger partial charge is 0.0620 e. The van der Waals surface area contributed by atoms with Crippen molar-refractivity contribution >= 4 is 12.6 Å². The Labute approximate surface area is 115 Å². The fourth-order valence-corrected chi connectivity index (χ4v) is 6.33. The molecule has 0 saturated carbocycles. The maximum absolute atomic E-state index is 2.39. The molecule has 0 aliphatic rings. The van der Waals surface area contributed by atoms with Crippen LogP contribution in [0.15, 0.2) is 30.3 Å². The summed E-state index contributed by atoms with van der Waals surface area (Å²) < 4.78 is 0. The van der Waals surface area contributed by atoms with Crippen molar-refractivity contribution in [2.24, 2.45) is 5.41 Å². The summed E-state index contributed by atoms with van der Waals surface area (Å²) >= 11 is 0. The first-order valence-corrected chi connectivity index (χ1v) is 9.70. The van der Waals surface area contributed by atoms with Gasteiger partial charge in [-0.15, -0.1) is 0 Å². The van der Waals surface area contributed by atoms with Crippen molar-refractivity contribution in [3.05, 3.63) is 30.3 Å². The van der Waals surface area contributed by atoms with Crippen molar-refractivity contribution in [1.82, 2.24) is 0 Å². The molecule has 0 saturated heterocycles. The summed E-state index contributed by atoms with van der Waals surface area (Å²) in [6.45, 7) is 11.8. The van der Waals surface area contributed by atoms with Gasteiger partial charge in [-0.3, -0.25) is 0 Å². The van der Waals surface area contributed by atoms with Gasteiger partial charge in [0.1, 0.15) is 0 Å². The summed E-state index contributed by atoms with van der Waals surface area (Å²) in [5, 5.41) is 1.64. The molecule has 0 bridgehead atoms. The molecule has 0 nitrogen and oxygen atoms in total. The molecule has 0 fully saturated rings. The average molecular weight is 265 g/mol. The normalized spacial score (nSPS) is 12.7. The molecule has 18 heavy (non-hydrogen) atoms. The molecule has 1 aromatic carbocycles. The van der Waals surface area contributed by atoms with Crippen LogP contribution in [0.3, 0.4) is 0 Å². The third kappa shape index (κ3) is 4.39. The van der Waals surface area contributed by atoms with E-state index in [-0.39, 0.29) is 0 Å². The first-order chi connectivity index (χ1) is 8.43. The first kappa shape index (κ1) is 15.7. The minimum atomic E-state index is -0.896. The van der Waals surface area contributed by atoms with Gasteiger partial charge in [0.2, 0.25) is 0 Å². The zero-order valence-electron chi connectivity index (χ0n) is 12.9. The van der Waals surface area contributed by atoms with Gasteiger partial charge in [-0.2, -0.15) is 0 Å². The van der Waals surface area contributed by atoms with Gasteiger partial charge in [-0.05, 0) is 44.2 Å². The van der Waals surface area contributed by atoms with Gasteiger partial charge < -0.3 is 0 Å². The van der Waals surface area contributed by atoms with Gasteiger partial charge in [0.05, 0.1) is 23.8 Å². The van der Waals surface area contributed by atoms with Gasteiger partial charge in [0.25, 0.3) is 0 Å². The highest BCUT2D eigenvalue weighted by Crippen LogP contribution is 2.57. The topological polar surface area (TPSA) is 0 Å². The fraction of sp³-hybridized carbons (Fsp3) is 0.647. The molecule has 0 heterocycles. The minimum absolute atomic E-state index is 0.480. The minimum Gasteiger partial charge on any atom is -0.0620 e. The van der Waals surface area contributed by atoms with E-state index >= 15 is 0 Å². The Kier molecular flexibility index (Phi) is 5.86. The van der Waals surface area contributed by atoms with Crippen LogP contribution in [0.1, 0.15) is 47.5 Å². The van der Waals surface area contributed by atoms with Crippen LogP contribution >= 0.6 is 7.26 Å². The lowest BCUT2D eigenvalue weighted by atomic mass is 9.91. The van der Waals surface area contributed by atoms with Crippen LogP contribution in [0.25, 0.3) is 0 Å². The van der Waals surface area contributed by atoms with Gasteiger partial charge in [0.15, 0.2) is 0 Å². The van der Waals surface area contributed by atoms with Crippen LogP contribution in [0.5, 0.6) is 0 Å². The third-order valence-electron chi connectivity index (χ3n) is 4.03. The maximum Gasteiger partial charge on any atom is 0.0939 e. The summed E-state index contributed by atoms with van der Waals surface area (Å²) in [5.41, 5.74) is 0.480. The molecular formula is C17H30P+. The average Bonchev–Trinajstić information content (AvgIpc) is 2.35. The number of hydrogen-bond donors (Lipinski definition) is 0. The number of hydrogen-bond acceptors (Lipinski definition) is 0. The van der Waals surface area contributed by atoms with E-state index in [0.29, 0.717) is 5.41 Å². The molecule has 1 aromatic rings. The van der Waals surface area contributed by atoms with Crippen molar-refractivity contribution in [3.63, 3.8) is 0 Å². The van der Waals surface area contributed by atoms with Crippen LogP contribution < -0.4 is 5.30 Å². The highest BCUT2D eigenvalue weighted by molar-refractivity contribution is 7.82. The SMILES string of the molecule is CC[P+](CC)(CCCC(C)(C)C)c1ccccc1. The fourth-order valence-electron chi connectivity index (χ4n) is 2.69. The van der Waals surface area contributed by atoms with Crippen LogP contribution in [0, 0.1) is 5.41 Å². The molecule has 0 atom stereocenters. The van der Waals surface area contributed by atoms with E-state index in [2.05, 4.69) is 65.0 Å². The molecule has 0 spiro atoms. The molecular weight excluding hydrogens is 235 g/mol. The van der Waals surface area contributed by atoms with Crippen molar-refractivity contribution in [2.75, 3.05) is 18.5 Å². The first-order valence-electron chi connectivity index (χ1n) is 7.35. The molecule has 1 heteroatoms. The molecule has 0 aromatic heterocycles. The Morgan fingerprint density at radius 3 is 1.94 bits per heavy atom. The molecule has 0 aliphatic carbocycles. The number of rotatable bonds is 6. The van der Waals surface area contributed by atoms with Crippen LogP contribution in [0.2, 0.25) is 0 Å². The van der Waals surface area contributed by atoms with E-state index < -0.39 is 7.26 Å². The molecule has 0 N–H and O–H groups in total. The number of benzene rings is 1. The molecule has 0 aliphatic heterocycles. The maximum atomic E-state index is 2.39. The molecule has 102 valence electrons. The second-order valence-corrected chi connectivity index (χ2v) is 11.0. The van der Waals surface area contributed by atoms with E-state index in [1.54, 1.807) is 5.30 Å². The summed E-state index contributed by atoms with van der Waals surface area (Å²) in [4.78, 5) is 0. The standard InChI is InChI=1S/C17H30P/c1-6-18(7-2,15-11-14-17(3,4)5)16-12-9-8-10-13-16/h8-10,12-13H,6-7,11,14-15H2,1-5H3/q+1. The van der Waals surface area contributed by atoms with E-state index in [4.69, 9.17) is 0 Å². The largest absolute Gasteiger partial charge is 0.0939 e. The Bertz CT molecular complexity index is 330. The van der Waals surface area contributed by atoms with Crippen LogP contribution in [-0.2, 0) is 0 Å². The van der Waals surface area contributed by atoms with Gasteiger partial charge >= 0.3 is 0 Å². The summed E-state index contributed by atoms with van der Waals surface area (Å²) in [7, 11) is -0.896. The monoisotopic (exact) mass is 265 g/mol. The van der Waals surface area contributed by atoms with Gasteiger partial charge in [0, 0.05) is 7.26 Å². The van der Waals surface area contributed by atoms with E-state index in [9.17, 15) is 0 Å². The lowest BCUT2D eigenvalue weighted by Crippen LogP contribution is -2.19. The van der Waals surface area contributed by atoms with Crippen LogP contribution in [0.4, 0.5) is 0 Å². The van der Waals surface area contributed by atoms with Crippen molar-refractivity contribution in [1.29, 1.82) is 0 Å². The van der Waals surface area contributed by atoms with E-state index in [1.165, 1.54) is 31.3 Å². The highest BCUT2D eigenvalue weighted by Gasteiger charge is 2.35. The Hall–Kier alpha value is -0.350. The summed E-state index contributed by atoms with van der Waals surface area (Å²) in [6, 6.07) is 11.3. The zero-order chi connectivity index (χ0) is 13.6. The second-order valence-electron chi connectivity index (χ2n) is 6.50. The summed E-state index contributed by atoms with van der Waals surface area (Å²) in [6.07, 6.45) is 6.88. The van der Waals surface area contributed by atoms with E-state index in [1.807, 2.05) is 0 Å². The van der Waals surface area contributed by atoms with Crippen molar-refractivity contribution < 1.29 is 0 Å². The Balaban J connectivity index is 2.76. The molecule has 1 rings (SSSR count). The summed E-state index contributed by atoms with van der Waals surface area (Å²) in [5.74, 6) is 0. The van der Waals surface area contributed by atoms with Crippen molar-refractivity contribution in [2.45, 2.75) is 47.5 Å². The van der Waals surface area contributed by atoms with Crippen molar-refractivity contribution in [3.8, 4) is 0 Å². The third-order valence-corrected chi connectivity index (χ3v) is 9.01. The second kappa shape index (κ2) is 6.71. The Morgan fingerprint density at radius 2 is 1.50 bits per heavy atom. The highest BCUT2D eigenvalue weighted by atomic mass is 31.2. The zero-order valence-corrected chi connectivity index (χ0v) is 13.8. The Morgan fingerprint density at radius 1 is 0.944 bits per heavy atom. The predicted molar refractivity (Wildman–Crippen MR) is 87.6 cm³/mol. The van der Waals surface area contributed by atoms with E-state index in [0.717, 1.165) is 0 Å². The lowest BCUT2D eigenvalue weighted by Gasteiger charge is -2.27. The quantitative estimate of drug-likeness (QED) is 0.620. The molecule has 0 unspecified atom stereocenters. The van der Waals surface area contributed by atoms with Gasteiger partial charge in [-0.25, -0.2) is 0 Å². The predicted octanol–water partition coefficient (Wildman–Crippen LogP) is 5.20. The lowest BCUT2D eigenvalue weighted by molar-refractivity contribution is 0.374. The van der Waals surface area contributed by atoms with Crippen LogP contribution in [-0.4, -0.2) is 18.5 Å². The molecule has 0 amide bonds. The molecule has 0 radical (unpaired) electrons.